The third kappa shape index (κ3) is 2.83. The van der Waals surface area contributed by atoms with Crippen molar-refractivity contribution in [2.75, 3.05) is 0 Å². The van der Waals surface area contributed by atoms with Gasteiger partial charge in [-0.05, 0) is 111 Å². The van der Waals surface area contributed by atoms with Gasteiger partial charge in [-0.1, -0.05) is 0 Å². The van der Waals surface area contributed by atoms with E-state index in [0.717, 1.165) is 44.8 Å². The molecule has 0 fully saturated rings. The first-order valence-corrected chi connectivity index (χ1v) is 10.4. The predicted molar refractivity (Wildman–Crippen MR) is 127 cm³/mol. The van der Waals surface area contributed by atoms with Crippen molar-refractivity contribution < 1.29 is 0 Å². The Morgan fingerprint density at radius 3 is 1.33 bits per heavy atom. The lowest BCUT2D eigenvalue weighted by atomic mass is 10.0. The molecule has 5 rings (SSSR count). The van der Waals surface area contributed by atoms with Gasteiger partial charge in [-0.15, -0.1) is 0 Å². The number of aromatic amines is 2. The van der Waals surface area contributed by atoms with E-state index in [-0.39, 0.29) is 0 Å². The van der Waals surface area contributed by atoms with E-state index in [1.807, 2.05) is 0 Å². The van der Waals surface area contributed by atoms with Gasteiger partial charge in [-0.25, -0.2) is 9.97 Å². The number of nitrogens with one attached hydrogen (secondary N) is 2. The molecule has 8 bridgehead atoms. The van der Waals surface area contributed by atoms with Crippen LogP contribution in [0.1, 0.15) is 61.6 Å². The molecule has 0 spiro atoms. The molecule has 0 atom stereocenters. The highest BCUT2D eigenvalue weighted by molar-refractivity contribution is 5.98. The Hall–Kier alpha value is -3.40. The summed E-state index contributed by atoms with van der Waals surface area (Å²) in [7, 11) is 0. The first-order valence-electron chi connectivity index (χ1n) is 10.4. The topological polar surface area (TPSA) is 57.4 Å². The molecular formula is C26H26N4. The highest BCUT2D eigenvalue weighted by Crippen LogP contribution is 2.37. The Labute approximate surface area is 176 Å². The summed E-state index contributed by atoms with van der Waals surface area (Å²) in [5.74, 6) is 0. The number of hydrogen-bond acceptors (Lipinski definition) is 2. The lowest BCUT2D eigenvalue weighted by molar-refractivity contribution is 1.20. The Balaban J connectivity index is 1.97. The molecule has 0 unspecified atom stereocenters. The van der Waals surface area contributed by atoms with E-state index in [1.165, 1.54) is 33.4 Å². The summed E-state index contributed by atoms with van der Waals surface area (Å²) in [5, 5.41) is 0. The van der Waals surface area contributed by atoms with E-state index in [1.54, 1.807) is 0 Å². The van der Waals surface area contributed by atoms with Gasteiger partial charge < -0.3 is 9.97 Å². The number of H-pyrrole nitrogens is 2. The van der Waals surface area contributed by atoms with Crippen molar-refractivity contribution in [3.05, 3.63) is 70.3 Å². The van der Waals surface area contributed by atoms with E-state index in [9.17, 15) is 0 Å². The number of aromatic nitrogens is 4. The maximum Gasteiger partial charge on any atom is 0.0929 e. The van der Waals surface area contributed by atoms with Gasteiger partial charge in [-0.3, -0.25) is 0 Å². The van der Waals surface area contributed by atoms with Crippen LogP contribution in [-0.2, 0) is 0 Å². The van der Waals surface area contributed by atoms with Gasteiger partial charge in [0.25, 0.3) is 0 Å². The van der Waals surface area contributed by atoms with Gasteiger partial charge >= 0.3 is 0 Å². The zero-order chi connectivity index (χ0) is 21.2. The smallest absolute Gasteiger partial charge is 0.0929 e. The van der Waals surface area contributed by atoms with Crippen LogP contribution in [0.3, 0.4) is 0 Å². The normalized spacial score (nSPS) is 14.1. The van der Waals surface area contributed by atoms with Gasteiger partial charge in [0.15, 0.2) is 0 Å². The molecule has 0 saturated heterocycles. The van der Waals surface area contributed by atoms with Gasteiger partial charge in [-0.2, -0.15) is 0 Å². The monoisotopic (exact) mass is 394 g/mol. The standard InChI is InChI=1S/C26H26N4/c1-13-9-19-7-8-20-10-14(2)22(28-20)12-24-16(4)18(6)26(30-24)25-17(5)15(3)23(29-25)11-21(13)27-19/h7-12,27-28H,1-6H3. The molecule has 30 heavy (non-hydrogen) atoms. The molecule has 4 nitrogen and oxygen atoms in total. The second-order valence-corrected chi connectivity index (χ2v) is 8.46. The third-order valence-electron chi connectivity index (χ3n) is 6.45. The molecule has 0 radical (unpaired) electrons. The molecule has 4 heteroatoms. The number of fused-ring (bicyclic) bond motifs is 9. The van der Waals surface area contributed by atoms with Crippen LogP contribution in [-0.4, -0.2) is 19.9 Å². The largest absolute Gasteiger partial charge is 0.355 e. The van der Waals surface area contributed by atoms with Crippen molar-refractivity contribution in [2.45, 2.75) is 41.5 Å². The van der Waals surface area contributed by atoms with Gasteiger partial charge in [0.2, 0.25) is 0 Å². The Morgan fingerprint density at radius 2 is 0.933 bits per heavy atom. The van der Waals surface area contributed by atoms with E-state index < -0.39 is 0 Å². The predicted octanol–water partition coefficient (Wildman–Crippen LogP) is 6.83. The van der Waals surface area contributed by atoms with Crippen LogP contribution in [0.25, 0.3) is 44.4 Å². The number of nitrogens with zero attached hydrogens (tertiary/aromatic N) is 2. The lowest BCUT2D eigenvalue weighted by Gasteiger charge is -2.00. The summed E-state index contributed by atoms with van der Waals surface area (Å²) in [5.41, 5.74) is 15.5. The fourth-order valence-electron chi connectivity index (χ4n) is 4.19. The number of hydrogen-bond donors (Lipinski definition) is 2. The molecule has 0 aromatic carbocycles. The van der Waals surface area contributed by atoms with Gasteiger partial charge in [0.05, 0.1) is 22.8 Å². The fourth-order valence-corrected chi connectivity index (χ4v) is 4.19. The summed E-state index contributed by atoms with van der Waals surface area (Å²) < 4.78 is 0. The Bertz CT molecular complexity index is 1330. The molecule has 2 aliphatic rings. The van der Waals surface area contributed by atoms with Crippen LogP contribution < -0.4 is 0 Å². The number of rotatable bonds is 0. The van der Waals surface area contributed by atoms with Crippen molar-refractivity contribution >= 4 is 44.4 Å². The van der Waals surface area contributed by atoms with Crippen molar-refractivity contribution in [1.29, 1.82) is 0 Å². The SMILES string of the molecule is CC1=C(C)c2nc1cc1[nH]c(ccc3cc(C)c(cc4nc2C(C)=C4C)[nH]3)cc1C. The molecule has 3 aromatic heterocycles. The van der Waals surface area contributed by atoms with Crippen LogP contribution in [0.4, 0.5) is 0 Å². The molecule has 0 aliphatic carbocycles. The van der Waals surface area contributed by atoms with Crippen LogP contribution in [0.2, 0.25) is 0 Å². The Kier molecular flexibility index (Phi) is 4.07. The molecule has 0 amide bonds. The molecular weight excluding hydrogens is 368 g/mol. The molecule has 5 heterocycles. The van der Waals surface area contributed by atoms with E-state index in [2.05, 4.69) is 87.9 Å². The minimum atomic E-state index is 0.985. The summed E-state index contributed by atoms with van der Waals surface area (Å²) in [6, 6.07) is 12.9. The minimum absolute atomic E-state index is 0.985. The molecule has 2 N–H and O–H groups in total. The van der Waals surface area contributed by atoms with Crippen LogP contribution in [0.15, 0.2) is 36.4 Å². The van der Waals surface area contributed by atoms with Crippen molar-refractivity contribution in [1.82, 2.24) is 19.9 Å². The molecule has 150 valence electrons. The zero-order valence-corrected chi connectivity index (χ0v) is 18.4. The van der Waals surface area contributed by atoms with Crippen molar-refractivity contribution in [2.24, 2.45) is 0 Å². The second-order valence-electron chi connectivity index (χ2n) is 8.46. The maximum absolute atomic E-state index is 5.02. The third-order valence-corrected chi connectivity index (χ3v) is 6.45. The summed E-state index contributed by atoms with van der Waals surface area (Å²) in [6.07, 6.45) is 0. The lowest BCUT2D eigenvalue weighted by Crippen LogP contribution is -1.88. The average Bonchev–Trinajstić information content (AvgIpc) is 3.40. The Morgan fingerprint density at radius 1 is 0.533 bits per heavy atom. The maximum atomic E-state index is 5.02. The number of allylic oxidation sites excluding steroid dienone is 4. The fraction of sp³-hybridized carbons (Fsp3) is 0.231. The van der Waals surface area contributed by atoms with Crippen molar-refractivity contribution in [3.8, 4) is 0 Å². The summed E-state index contributed by atoms with van der Waals surface area (Å²) in [6.45, 7) is 12.8. The molecule has 0 saturated carbocycles. The first kappa shape index (κ1) is 18.6. The number of aryl methyl sites for hydroxylation is 2. The molecule has 3 aromatic rings. The van der Waals surface area contributed by atoms with E-state index in [4.69, 9.17) is 9.97 Å². The highest BCUT2D eigenvalue weighted by atomic mass is 14.8. The highest BCUT2D eigenvalue weighted by Gasteiger charge is 2.22. The van der Waals surface area contributed by atoms with Crippen molar-refractivity contribution in [3.63, 3.8) is 0 Å². The van der Waals surface area contributed by atoms with Crippen LogP contribution in [0, 0.1) is 13.8 Å². The summed E-state index contributed by atoms with van der Waals surface area (Å²) in [4.78, 5) is 17.1. The first-order chi connectivity index (χ1) is 14.3. The van der Waals surface area contributed by atoms with Crippen LogP contribution in [0.5, 0.6) is 0 Å². The second kappa shape index (κ2) is 6.56. The zero-order valence-electron chi connectivity index (χ0n) is 18.4. The summed E-state index contributed by atoms with van der Waals surface area (Å²) >= 11 is 0. The average molecular weight is 395 g/mol. The van der Waals surface area contributed by atoms with Gasteiger partial charge in [0.1, 0.15) is 0 Å². The quantitative estimate of drug-likeness (QED) is 0.439. The van der Waals surface area contributed by atoms with E-state index >= 15 is 0 Å². The molecule has 2 aliphatic heterocycles. The minimum Gasteiger partial charge on any atom is -0.355 e. The van der Waals surface area contributed by atoms with Gasteiger partial charge in [0, 0.05) is 22.1 Å². The van der Waals surface area contributed by atoms with E-state index in [0.29, 0.717) is 0 Å². The van der Waals surface area contributed by atoms with Crippen LogP contribution >= 0.6 is 0 Å².